The Kier molecular flexibility index (Phi) is 7.92. The number of guanidine groups is 1. The summed E-state index contributed by atoms with van der Waals surface area (Å²) in [6.45, 7) is 14.7. The summed E-state index contributed by atoms with van der Waals surface area (Å²) in [5.74, 6) is 2.19. The van der Waals surface area contributed by atoms with E-state index in [4.69, 9.17) is 4.74 Å². The summed E-state index contributed by atoms with van der Waals surface area (Å²) in [6, 6.07) is 0. The van der Waals surface area contributed by atoms with E-state index in [0.717, 1.165) is 45.3 Å². The van der Waals surface area contributed by atoms with Gasteiger partial charge in [-0.2, -0.15) is 0 Å². The molecule has 5 heteroatoms. The molecule has 1 heterocycles. The van der Waals surface area contributed by atoms with E-state index < -0.39 is 0 Å². The zero-order valence-electron chi connectivity index (χ0n) is 13.8. The maximum Gasteiger partial charge on any atom is 0.191 e. The quantitative estimate of drug-likeness (QED) is 0.568. The SMILES string of the molecule is CN=C(NCC(C)C)NCC1CN(CC(C)C)CCO1. The van der Waals surface area contributed by atoms with Crippen LogP contribution in [0.3, 0.4) is 0 Å². The maximum atomic E-state index is 5.82. The van der Waals surface area contributed by atoms with Crippen molar-refractivity contribution in [1.82, 2.24) is 15.5 Å². The smallest absolute Gasteiger partial charge is 0.191 e. The van der Waals surface area contributed by atoms with Gasteiger partial charge in [-0.15, -0.1) is 0 Å². The predicted octanol–water partition coefficient (Wildman–Crippen LogP) is 1.16. The van der Waals surface area contributed by atoms with Crippen LogP contribution in [-0.2, 0) is 4.74 Å². The second kappa shape index (κ2) is 9.19. The molecule has 0 aromatic rings. The number of hydrogen-bond acceptors (Lipinski definition) is 3. The molecule has 0 aromatic heterocycles. The second-order valence-electron chi connectivity index (χ2n) is 6.37. The van der Waals surface area contributed by atoms with E-state index in [1.54, 1.807) is 0 Å². The summed E-state index contributed by atoms with van der Waals surface area (Å²) >= 11 is 0. The van der Waals surface area contributed by atoms with Crippen LogP contribution in [0.15, 0.2) is 4.99 Å². The Morgan fingerprint density at radius 3 is 2.60 bits per heavy atom. The third kappa shape index (κ3) is 7.10. The summed E-state index contributed by atoms with van der Waals surface area (Å²) in [7, 11) is 1.81. The number of hydrogen-bond donors (Lipinski definition) is 2. The predicted molar refractivity (Wildman–Crippen MR) is 85.2 cm³/mol. The first-order chi connectivity index (χ1) is 9.51. The minimum atomic E-state index is 0.250. The molecule has 1 atom stereocenters. The number of nitrogens with one attached hydrogen (secondary N) is 2. The van der Waals surface area contributed by atoms with Crippen molar-refractivity contribution < 1.29 is 4.74 Å². The van der Waals surface area contributed by atoms with Crippen LogP contribution in [0, 0.1) is 11.8 Å². The van der Waals surface area contributed by atoms with Crippen LogP contribution in [0.25, 0.3) is 0 Å². The van der Waals surface area contributed by atoms with Crippen molar-refractivity contribution in [1.29, 1.82) is 0 Å². The molecule has 1 rings (SSSR count). The molecular weight excluding hydrogens is 252 g/mol. The summed E-state index contributed by atoms with van der Waals surface area (Å²) in [6.07, 6.45) is 0.250. The Labute approximate surface area is 124 Å². The van der Waals surface area contributed by atoms with Crippen molar-refractivity contribution in [3.63, 3.8) is 0 Å². The highest BCUT2D eigenvalue weighted by molar-refractivity contribution is 5.79. The van der Waals surface area contributed by atoms with Gasteiger partial charge >= 0.3 is 0 Å². The lowest BCUT2D eigenvalue weighted by molar-refractivity contribution is -0.0284. The molecule has 0 saturated carbocycles. The van der Waals surface area contributed by atoms with Crippen LogP contribution < -0.4 is 10.6 Å². The first-order valence-corrected chi connectivity index (χ1v) is 7.79. The van der Waals surface area contributed by atoms with Gasteiger partial charge < -0.3 is 15.4 Å². The third-order valence-corrected chi connectivity index (χ3v) is 3.24. The number of aliphatic imine (C=N–C) groups is 1. The van der Waals surface area contributed by atoms with Crippen molar-refractivity contribution in [2.75, 3.05) is 46.4 Å². The van der Waals surface area contributed by atoms with Crippen molar-refractivity contribution in [2.24, 2.45) is 16.8 Å². The lowest BCUT2D eigenvalue weighted by atomic mass is 10.2. The molecular formula is C15H32N4O. The maximum absolute atomic E-state index is 5.82. The number of morpholine rings is 1. The Bertz CT molecular complexity index is 292. The van der Waals surface area contributed by atoms with E-state index in [1.165, 1.54) is 0 Å². The molecule has 0 spiro atoms. The molecule has 1 aliphatic heterocycles. The van der Waals surface area contributed by atoms with E-state index in [9.17, 15) is 0 Å². The topological polar surface area (TPSA) is 48.9 Å². The van der Waals surface area contributed by atoms with Crippen LogP contribution in [0.5, 0.6) is 0 Å². The standard InChI is InChI=1S/C15H32N4O/c1-12(2)8-17-15(16-5)18-9-14-11-19(6-7-20-14)10-13(3)4/h12-14H,6-11H2,1-5H3,(H2,16,17,18). The van der Waals surface area contributed by atoms with Gasteiger partial charge in [0.25, 0.3) is 0 Å². The minimum absolute atomic E-state index is 0.250. The Morgan fingerprint density at radius 2 is 2.00 bits per heavy atom. The van der Waals surface area contributed by atoms with Gasteiger partial charge in [0.2, 0.25) is 0 Å². The first-order valence-electron chi connectivity index (χ1n) is 7.79. The first kappa shape index (κ1) is 17.2. The monoisotopic (exact) mass is 284 g/mol. The zero-order chi connectivity index (χ0) is 15.0. The summed E-state index contributed by atoms with van der Waals surface area (Å²) < 4.78 is 5.82. The van der Waals surface area contributed by atoms with Gasteiger partial charge in [-0.3, -0.25) is 9.89 Å². The van der Waals surface area contributed by atoms with Crippen LogP contribution >= 0.6 is 0 Å². The normalized spacial score (nSPS) is 21.6. The minimum Gasteiger partial charge on any atom is -0.374 e. The van der Waals surface area contributed by atoms with Gasteiger partial charge in [0.15, 0.2) is 5.96 Å². The van der Waals surface area contributed by atoms with Crippen LogP contribution in [0.2, 0.25) is 0 Å². The van der Waals surface area contributed by atoms with Gasteiger partial charge in [-0.25, -0.2) is 0 Å². The zero-order valence-corrected chi connectivity index (χ0v) is 13.8. The molecule has 1 fully saturated rings. The molecule has 0 amide bonds. The fourth-order valence-electron chi connectivity index (χ4n) is 2.32. The molecule has 1 aliphatic rings. The molecule has 0 aliphatic carbocycles. The van der Waals surface area contributed by atoms with Crippen molar-refractivity contribution in [2.45, 2.75) is 33.8 Å². The Balaban J connectivity index is 2.29. The summed E-state index contributed by atoms with van der Waals surface area (Å²) in [4.78, 5) is 6.73. The molecule has 0 aromatic carbocycles. The Morgan fingerprint density at radius 1 is 1.25 bits per heavy atom. The Hall–Kier alpha value is -0.810. The van der Waals surface area contributed by atoms with Gasteiger partial charge in [-0.05, 0) is 11.8 Å². The lowest BCUT2D eigenvalue weighted by Gasteiger charge is -2.34. The molecule has 1 saturated heterocycles. The van der Waals surface area contributed by atoms with E-state index >= 15 is 0 Å². The van der Waals surface area contributed by atoms with Gasteiger partial charge in [0.05, 0.1) is 12.7 Å². The number of nitrogens with zero attached hydrogens (tertiary/aromatic N) is 2. The van der Waals surface area contributed by atoms with Gasteiger partial charge in [0, 0.05) is 39.8 Å². The largest absolute Gasteiger partial charge is 0.374 e. The molecule has 2 N–H and O–H groups in total. The van der Waals surface area contributed by atoms with Gasteiger partial charge in [0.1, 0.15) is 0 Å². The molecule has 0 radical (unpaired) electrons. The molecule has 20 heavy (non-hydrogen) atoms. The van der Waals surface area contributed by atoms with Crippen molar-refractivity contribution in [3.05, 3.63) is 0 Å². The highest BCUT2D eigenvalue weighted by Crippen LogP contribution is 2.07. The molecule has 0 bridgehead atoms. The fourth-order valence-corrected chi connectivity index (χ4v) is 2.32. The third-order valence-electron chi connectivity index (χ3n) is 3.24. The highest BCUT2D eigenvalue weighted by atomic mass is 16.5. The van der Waals surface area contributed by atoms with E-state index in [2.05, 4.69) is 48.2 Å². The average molecular weight is 284 g/mol. The average Bonchev–Trinajstić information content (AvgIpc) is 2.38. The molecule has 1 unspecified atom stereocenters. The fraction of sp³-hybridized carbons (Fsp3) is 0.933. The summed E-state index contributed by atoms with van der Waals surface area (Å²) in [5.41, 5.74) is 0. The second-order valence-corrected chi connectivity index (χ2v) is 6.37. The number of ether oxygens (including phenoxy) is 1. The molecule has 5 nitrogen and oxygen atoms in total. The number of rotatable bonds is 6. The highest BCUT2D eigenvalue weighted by Gasteiger charge is 2.20. The van der Waals surface area contributed by atoms with E-state index in [0.29, 0.717) is 11.8 Å². The van der Waals surface area contributed by atoms with Crippen LogP contribution in [-0.4, -0.2) is 63.3 Å². The lowest BCUT2D eigenvalue weighted by Crippen LogP contribution is -2.50. The van der Waals surface area contributed by atoms with E-state index in [1.807, 2.05) is 7.05 Å². The van der Waals surface area contributed by atoms with Gasteiger partial charge in [-0.1, -0.05) is 27.7 Å². The van der Waals surface area contributed by atoms with Crippen molar-refractivity contribution in [3.8, 4) is 0 Å². The molecule has 118 valence electrons. The van der Waals surface area contributed by atoms with E-state index in [-0.39, 0.29) is 6.10 Å². The van der Waals surface area contributed by atoms with Crippen LogP contribution in [0.1, 0.15) is 27.7 Å². The summed E-state index contributed by atoms with van der Waals surface area (Å²) in [5, 5.41) is 6.68. The van der Waals surface area contributed by atoms with Crippen molar-refractivity contribution >= 4 is 5.96 Å². The van der Waals surface area contributed by atoms with Crippen LogP contribution in [0.4, 0.5) is 0 Å².